The molecule has 0 aromatic heterocycles. The van der Waals surface area contributed by atoms with E-state index in [0.29, 0.717) is 25.9 Å². The van der Waals surface area contributed by atoms with Gasteiger partial charge >= 0.3 is 0 Å². The molecule has 0 saturated heterocycles. The molecule has 2 N–H and O–H groups in total. The topological polar surface area (TPSA) is 75.3 Å². The van der Waals surface area contributed by atoms with Crippen LogP contribution in [0.4, 0.5) is 0 Å². The van der Waals surface area contributed by atoms with Gasteiger partial charge in [-0.3, -0.25) is 4.79 Å². The van der Waals surface area contributed by atoms with Gasteiger partial charge in [-0.1, -0.05) is 40.0 Å². The highest BCUT2D eigenvalue weighted by Crippen LogP contribution is 2.28. The maximum atomic E-state index is 12.8. The van der Waals surface area contributed by atoms with Crippen molar-refractivity contribution in [2.45, 2.75) is 69.8 Å². The van der Waals surface area contributed by atoms with Gasteiger partial charge in [0, 0.05) is 13.1 Å². The van der Waals surface area contributed by atoms with Crippen LogP contribution in [0.25, 0.3) is 0 Å². The van der Waals surface area contributed by atoms with Gasteiger partial charge < -0.3 is 10.6 Å². The van der Waals surface area contributed by atoms with E-state index in [0.717, 1.165) is 32.2 Å². The van der Waals surface area contributed by atoms with Gasteiger partial charge in [0.1, 0.15) is 5.25 Å². The van der Waals surface area contributed by atoms with Crippen LogP contribution in [-0.2, 0) is 14.6 Å². The molecule has 130 valence electrons. The number of carbonyl (C=O) groups is 1. The van der Waals surface area contributed by atoms with E-state index in [1.165, 1.54) is 0 Å². The predicted molar refractivity (Wildman–Crippen MR) is 90.6 cm³/mol. The first-order chi connectivity index (χ1) is 10.4. The average molecular weight is 333 g/mol. The van der Waals surface area contributed by atoms with Gasteiger partial charge in [0.25, 0.3) is 0 Å². The highest BCUT2D eigenvalue weighted by molar-refractivity contribution is 7.93. The molecule has 1 aliphatic carbocycles. The third-order valence-corrected chi connectivity index (χ3v) is 7.13. The van der Waals surface area contributed by atoms with Crippen LogP contribution in [0.15, 0.2) is 0 Å². The monoisotopic (exact) mass is 332 g/mol. The molecule has 1 aliphatic rings. The first-order valence-corrected chi connectivity index (χ1v) is 10.2. The van der Waals surface area contributed by atoms with Crippen LogP contribution in [0.5, 0.6) is 0 Å². The molecule has 0 aliphatic heterocycles. The summed E-state index contributed by atoms with van der Waals surface area (Å²) in [4.78, 5) is 12.4. The molecule has 22 heavy (non-hydrogen) atoms. The van der Waals surface area contributed by atoms with E-state index in [1.807, 2.05) is 13.8 Å². The summed E-state index contributed by atoms with van der Waals surface area (Å²) >= 11 is 0. The van der Waals surface area contributed by atoms with E-state index in [2.05, 4.69) is 17.6 Å². The number of hydrogen-bond donors (Lipinski definition) is 2. The molecule has 1 saturated carbocycles. The Hall–Kier alpha value is -0.620. The number of rotatable bonds is 9. The summed E-state index contributed by atoms with van der Waals surface area (Å²) in [5.74, 6) is -0.533. The Balaban J connectivity index is 2.64. The maximum absolute atomic E-state index is 12.8. The lowest BCUT2D eigenvalue weighted by atomic mass is 10.0. The zero-order valence-electron chi connectivity index (χ0n) is 14.2. The van der Waals surface area contributed by atoms with E-state index in [9.17, 15) is 13.2 Å². The Kier molecular flexibility index (Phi) is 8.39. The van der Waals surface area contributed by atoms with Crippen molar-refractivity contribution in [3.8, 4) is 0 Å². The summed E-state index contributed by atoms with van der Waals surface area (Å²) in [7, 11) is -3.40. The third kappa shape index (κ3) is 5.54. The second-order valence-electron chi connectivity index (χ2n) is 6.55. The molecule has 1 rings (SSSR count). The minimum Gasteiger partial charge on any atom is -0.354 e. The zero-order valence-corrected chi connectivity index (χ0v) is 15.0. The lowest BCUT2D eigenvalue weighted by molar-refractivity contribution is -0.121. The largest absolute Gasteiger partial charge is 0.354 e. The van der Waals surface area contributed by atoms with Crippen molar-refractivity contribution in [3.63, 3.8) is 0 Å². The molecule has 0 spiro atoms. The lowest BCUT2D eigenvalue weighted by Crippen LogP contribution is -2.48. The van der Waals surface area contributed by atoms with Gasteiger partial charge in [0.2, 0.25) is 5.91 Å². The summed E-state index contributed by atoms with van der Waals surface area (Å²) in [6.45, 7) is 7.77. The number of nitrogens with one attached hydrogen (secondary N) is 2. The van der Waals surface area contributed by atoms with Crippen molar-refractivity contribution >= 4 is 15.7 Å². The fraction of sp³-hybridized carbons (Fsp3) is 0.938. The normalized spacial score (nSPS) is 18.4. The Morgan fingerprint density at radius 1 is 1.09 bits per heavy atom. The van der Waals surface area contributed by atoms with Crippen molar-refractivity contribution in [1.82, 2.24) is 10.6 Å². The van der Waals surface area contributed by atoms with Crippen LogP contribution in [0, 0.1) is 5.92 Å². The average Bonchev–Trinajstić information content (AvgIpc) is 2.47. The van der Waals surface area contributed by atoms with E-state index >= 15 is 0 Å². The summed E-state index contributed by atoms with van der Waals surface area (Å²) in [5.41, 5.74) is 0. The minimum absolute atomic E-state index is 0.199. The highest BCUT2D eigenvalue weighted by Gasteiger charge is 2.40. The van der Waals surface area contributed by atoms with Crippen molar-refractivity contribution in [1.29, 1.82) is 0 Å². The van der Waals surface area contributed by atoms with Crippen molar-refractivity contribution < 1.29 is 13.2 Å². The molecular formula is C16H32N2O3S. The van der Waals surface area contributed by atoms with Gasteiger partial charge in [0.05, 0.1) is 5.25 Å². The SMILES string of the molecule is CCCNCCNC(=O)C(C(C)C)S(=O)(=O)C1CCCCC1. The summed E-state index contributed by atoms with van der Waals surface area (Å²) in [6.07, 6.45) is 5.47. The Bertz CT molecular complexity index is 429. The second-order valence-corrected chi connectivity index (χ2v) is 8.91. The van der Waals surface area contributed by atoms with Crippen LogP contribution in [0.2, 0.25) is 0 Å². The fourth-order valence-electron chi connectivity index (χ4n) is 3.11. The molecule has 0 heterocycles. The van der Waals surface area contributed by atoms with E-state index in [-0.39, 0.29) is 17.1 Å². The fourth-order valence-corrected chi connectivity index (χ4v) is 5.65. The molecule has 1 atom stereocenters. The number of sulfone groups is 1. The van der Waals surface area contributed by atoms with Gasteiger partial charge in [-0.25, -0.2) is 8.42 Å². The van der Waals surface area contributed by atoms with Crippen molar-refractivity contribution in [2.75, 3.05) is 19.6 Å². The summed E-state index contributed by atoms with van der Waals surface area (Å²) < 4.78 is 25.7. The Labute approximate surface area is 135 Å². The van der Waals surface area contributed by atoms with Gasteiger partial charge in [0.15, 0.2) is 9.84 Å². The zero-order chi connectivity index (χ0) is 16.6. The molecule has 5 nitrogen and oxygen atoms in total. The van der Waals surface area contributed by atoms with Gasteiger partial charge in [-0.2, -0.15) is 0 Å². The smallest absolute Gasteiger partial charge is 0.238 e. The second kappa shape index (κ2) is 9.50. The maximum Gasteiger partial charge on any atom is 0.238 e. The van der Waals surface area contributed by atoms with Gasteiger partial charge in [-0.15, -0.1) is 0 Å². The van der Waals surface area contributed by atoms with Crippen LogP contribution in [0.3, 0.4) is 0 Å². The molecular weight excluding hydrogens is 300 g/mol. The number of hydrogen-bond acceptors (Lipinski definition) is 4. The van der Waals surface area contributed by atoms with E-state index in [1.54, 1.807) is 0 Å². The van der Waals surface area contributed by atoms with Crippen molar-refractivity contribution in [3.05, 3.63) is 0 Å². The lowest BCUT2D eigenvalue weighted by Gasteiger charge is -2.28. The molecule has 0 bridgehead atoms. The number of carbonyl (C=O) groups excluding carboxylic acids is 1. The standard InChI is InChI=1S/C16H32N2O3S/c1-4-10-17-11-12-18-16(19)15(13(2)3)22(20,21)14-8-6-5-7-9-14/h13-15,17H,4-12H2,1-3H3,(H,18,19). The minimum atomic E-state index is -3.40. The molecule has 1 amide bonds. The quantitative estimate of drug-likeness (QED) is 0.632. The van der Waals surface area contributed by atoms with E-state index < -0.39 is 15.1 Å². The Morgan fingerprint density at radius 2 is 1.73 bits per heavy atom. The Morgan fingerprint density at radius 3 is 2.27 bits per heavy atom. The molecule has 1 fully saturated rings. The summed E-state index contributed by atoms with van der Waals surface area (Å²) in [6, 6.07) is 0. The van der Waals surface area contributed by atoms with Crippen LogP contribution in [-0.4, -0.2) is 44.5 Å². The first-order valence-electron chi connectivity index (χ1n) is 8.62. The van der Waals surface area contributed by atoms with Gasteiger partial charge in [-0.05, 0) is 31.7 Å². The molecule has 0 aromatic rings. The third-order valence-electron chi connectivity index (χ3n) is 4.26. The van der Waals surface area contributed by atoms with Crippen LogP contribution >= 0.6 is 0 Å². The van der Waals surface area contributed by atoms with Crippen molar-refractivity contribution in [2.24, 2.45) is 5.92 Å². The highest BCUT2D eigenvalue weighted by atomic mass is 32.2. The molecule has 1 unspecified atom stereocenters. The molecule has 0 radical (unpaired) electrons. The van der Waals surface area contributed by atoms with Crippen LogP contribution in [0.1, 0.15) is 59.3 Å². The predicted octanol–water partition coefficient (Wildman–Crippen LogP) is 1.87. The summed E-state index contributed by atoms with van der Waals surface area (Å²) in [5, 5.41) is 4.73. The number of amides is 1. The molecule has 0 aromatic carbocycles. The van der Waals surface area contributed by atoms with Crippen LogP contribution < -0.4 is 10.6 Å². The van der Waals surface area contributed by atoms with E-state index in [4.69, 9.17) is 0 Å². The first kappa shape index (κ1) is 19.4. The molecule has 6 heteroatoms.